The number of anilines is 1. The third-order valence-electron chi connectivity index (χ3n) is 4.66. The molecular formula is C19H24N5O2S+. The first-order valence-corrected chi connectivity index (χ1v) is 9.92. The molecule has 4 rings (SSSR count). The van der Waals surface area contributed by atoms with Gasteiger partial charge < -0.3 is 23.9 Å². The number of hydrogen-bond acceptors (Lipinski definition) is 6. The van der Waals surface area contributed by atoms with Gasteiger partial charge in [-0.1, -0.05) is 11.8 Å². The highest BCUT2D eigenvalue weighted by atomic mass is 32.2. The summed E-state index contributed by atoms with van der Waals surface area (Å²) in [7, 11) is 6.05. The summed E-state index contributed by atoms with van der Waals surface area (Å²) in [5, 5.41) is 11.6. The van der Waals surface area contributed by atoms with Crippen LogP contribution in [-0.4, -0.2) is 47.3 Å². The molecule has 1 saturated heterocycles. The Labute approximate surface area is 162 Å². The molecule has 0 bridgehead atoms. The van der Waals surface area contributed by atoms with Gasteiger partial charge in [0, 0.05) is 38.1 Å². The van der Waals surface area contributed by atoms with E-state index in [0.717, 1.165) is 29.0 Å². The van der Waals surface area contributed by atoms with Gasteiger partial charge in [-0.2, -0.15) is 0 Å². The lowest BCUT2D eigenvalue weighted by atomic mass is 10.2. The van der Waals surface area contributed by atoms with Gasteiger partial charge in [0.05, 0.1) is 6.26 Å². The minimum atomic E-state index is 0.0602. The second-order valence-corrected chi connectivity index (χ2v) is 7.78. The van der Waals surface area contributed by atoms with Gasteiger partial charge in [0.15, 0.2) is 16.7 Å². The van der Waals surface area contributed by atoms with Crippen LogP contribution in [0.3, 0.4) is 0 Å². The average Bonchev–Trinajstić information content (AvgIpc) is 3.41. The van der Waals surface area contributed by atoms with Crippen molar-refractivity contribution >= 4 is 17.4 Å². The van der Waals surface area contributed by atoms with Crippen molar-refractivity contribution in [2.24, 2.45) is 7.05 Å². The Bertz CT molecular complexity index is 876. The number of ether oxygens (including phenoxy) is 1. The van der Waals surface area contributed by atoms with E-state index < -0.39 is 0 Å². The first kappa shape index (κ1) is 18.1. The zero-order valence-electron chi connectivity index (χ0n) is 15.7. The Hall–Kier alpha value is -2.29. The van der Waals surface area contributed by atoms with E-state index in [1.807, 2.05) is 37.8 Å². The normalized spacial score (nSPS) is 19.5. The molecule has 2 N–H and O–H groups in total. The number of nitrogens with zero attached hydrogens (tertiary/aromatic N) is 4. The fourth-order valence-electron chi connectivity index (χ4n) is 3.11. The molecule has 1 aliphatic heterocycles. The molecule has 3 heterocycles. The van der Waals surface area contributed by atoms with Crippen LogP contribution in [0.5, 0.6) is 0 Å². The second-order valence-electron chi connectivity index (χ2n) is 6.79. The Morgan fingerprint density at radius 3 is 2.74 bits per heavy atom. The number of hydrogen-bond donors (Lipinski definition) is 1. The van der Waals surface area contributed by atoms with E-state index >= 15 is 0 Å². The fraction of sp³-hybridized carbons (Fsp3) is 0.368. The van der Waals surface area contributed by atoms with Crippen molar-refractivity contribution in [2.75, 3.05) is 31.3 Å². The zero-order valence-corrected chi connectivity index (χ0v) is 16.5. The fourth-order valence-corrected chi connectivity index (χ4v) is 4.03. The van der Waals surface area contributed by atoms with E-state index in [4.69, 9.17) is 9.15 Å². The van der Waals surface area contributed by atoms with Crippen LogP contribution in [0.25, 0.3) is 11.6 Å². The molecule has 0 spiro atoms. The lowest BCUT2D eigenvalue weighted by molar-refractivity contribution is -0.697. The van der Waals surface area contributed by atoms with Gasteiger partial charge in [-0.15, -0.1) is 10.2 Å². The summed E-state index contributed by atoms with van der Waals surface area (Å²) in [6, 6.07) is 12.3. The summed E-state index contributed by atoms with van der Waals surface area (Å²) in [6.45, 7) is 0.940. The summed E-state index contributed by atoms with van der Waals surface area (Å²) in [5.41, 5.74) is 2.39. The van der Waals surface area contributed by atoms with Gasteiger partial charge in [0.1, 0.15) is 12.6 Å². The van der Waals surface area contributed by atoms with Crippen molar-refractivity contribution in [3.8, 4) is 11.6 Å². The molecule has 0 radical (unpaired) electrons. The zero-order chi connectivity index (χ0) is 18.8. The molecule has 142 valence electrons. The Morgan fingerprint density at radius 2 is 2.04 bits per heavy atom. The summed E-state index contributed by atoms with van der Waals surface area (Å²) in [4.78, 5) is 2.10. The molecule has 8 heteroatoms. The molecule has 7 nitrogen and oxygen atoms in total. The summed E-state index contributed by atoms with van der Waals surface area (Å²) < 4.78 is 13.6. The van der Waals surface area contributed by atoms with Crippen LogP contribution < -0.4 is 10.2 Å². The van der Waals surface area contributed by atoms with Gasteiger partial charge in [-0.3, -0.25) is 0 Å². The van der Waals surface area contributed by atoms with Gasteiger partial charge in [0.25, 0.3) is 0 Å². The van der Waals surface area contributed by atoms with Crippen LogP contribution >= 0.6 is 11.8 Å². The third kappa shape index (κ3) is 3.87. The standard InChI is InChI=1S/C19H23N5O2S/c1-23(2)14-8-6-13(7-9-14)18-20-11-15(26-18)12-27-19-22-21-17(24(19)3)16-5-4-10-25-16/h4-10,15,18,20H,11-12H2,1-3H3/p+1/t15-,18-/m0/s1. The summed E-state index contributed by atoms with van der Waals surface area (Å²) in [6.07, 6.45) is 1.88. The Balaban J connectivity index is 1.34. The van der Waals surface area contributed by atoms with Crippen LogP contribution in [0.4, 0.5) is 5.69 Å². The molecule has 1 aliphatic rings. The van der Waals surface area contributed by atoms with Gasteiger partial charge in [-0.05, 0) is 36.4 Å². The number of quaternary nitrogens is 1. The number of aromatic nitrogens is 3. The first-order valence-electron chi connectivity index (χ1n) is 8.94. The summed E-state index contributed by atoms with van der Waals surface area (Å²) in [5.74, 6) is 2.30. The molecule has 0 unspecified atom stereocenters. The highest BCUT2D eigenvalue weighted by Crippen LogP contribution is 2.26. The number of nitrogens with two attached hydrogens (primary N) is 1. The Kier molecular flexibility index (Phi) is 5.20. The van der Waals surface area contributed by atoms with E-state index in [0.29, 0.717) is 0 Å². The van der Waals surface area contributed by atoms with E-state index in [1.54, 1.807) is 18.0 Å². The van der Waals surface area contributed by atoms with Crippen molar-refractivity contribution in [2.45, 2.75) is 17.5 Å². The Morgan fingerprint density at radius 1 is 1.22 bits per heavy atom. The minimum Gasteiger partial charge on any atom is -0.461 e. The molecule has 0 aliphatic carbocycles. The monoisotopic (exact) mass is 386 g/mol. The maximum Gasteiger partial charge on any atom is 0.217 e. The van der Waals surface area contributed by atoms with Crippen molar-refractivity contribution < 1.29 is 14.5 Å². The topological polar surface area (TPSA) is 72.9 Å². The second kappa shape index (κ2) is 7.75. The summed E-state index contributed by atoms with van der Waals surface area (Å²) >= 11 is 1.66. The lowest BCUT2D eigenvalue weighted by Gasteiger charge is -2.14. The van der Waals surface area contributed by atoms with Crippen LogP contribution in [-0.2, 0) is 11.8 Å². The van der Waals surface area contributed by atoms with E-state index in [-0.39, 0.29) is 12.3 Å². The quantitative estimate of drug-likeness (QED) is 0.653. The maximum atomic E-state index is 6.22. The van der Waals surface area contributed by atoms with Crippen LogP contribution in [0, 0.1) is 0 Å². The number of benzene rings is 1. The van der Waals surface area contributed by atoms with E-state index in [1.165, 1.54) is 11.3 Å². The van der Waals surface area contributed by atoms with Gasteiger partial charge >= 0.3 is 0 Å². The van der Waals surface area contributed by atoms with Crippen LogP contribution in [0.2, 0.25) is 0 Å². The highest BCUT2D eigenvalue weighted by Gasteiger charge is 2.30. The highest BCUT2D eigenvalue weighted by molar-refractivity contribution is 7.99. The van der Waals surface area contributed by atoms with Crippen molar-refractivity contribution in [3.05, 3.63) is 48.2 Å². The SMILES string of the molecule is CN(C)c1ccc([C@H]2[NH2+]C[C@@H](CSc3nnc(-c4ccco4)n3C)O2)cc1. The molecule has 3 aromatic rings. The molecule has 27 heavy (non-hydrogen) atoms. The number of furan rings is 1. The molecule has 0 saturated carbocycles. The third-order valence-corrected chi connectivity index (χ3v) is 5.82. The van der Waals surface area contributed by atoms with E-state index in [9.17, 15) is 0 Å². The number of rotatable bonds is 6. The average molecular weight is 387 g/mol. The van der Waals surface area contributed by atoms with Crippen molar-refractivity contribution in [3.63, 3.8) is 0 Å². The largest absolute Gasteiger partial charge is 0.461 e. The molecule has 2 aromatic heterocycles. The minimum absolute atomic E-state index is 0.0602. The first-order chi connectivity index (χ1) is 13.1. The molecular weight excluding hydrogens is 362 g/mol. The van der Waals surface area contributed by atoms with Crippen molar-refractivity contribution in [1.29, 1.82) is 0 Å². The van der Waals surface area contributed by atoms with Crippen molar-refractivity contribution in [1.82, 2.24) is 14.8 Å². The predicted octanol–water partition coefficient (Wildman–Crippen LogP) is 1.89. The van der Waals surface area contributed by atoms with Crippen LogP contribution in [0.15, 0.2) is 52.2 Å². The number of thioether (sulfide) groups is 1. The van der Waals surface area contributed by atoms with Gasteiger partial charge in [0.2, 0.25) is 6.23 Å². The maximum absolute atomic E-state index is 6.22. The van der Waals surface area contributed by atoms with E-state index in [2.05, 4.69) is 44.7 Å². The smallest absolute Gasteiger partial charge is 0.217 e. The molecule has 1 fully saturated rings. The molecule has 2 atom stereocenters. The molecule has 0 amide bonds. The lowest BCUT2D eigenvalue weighted by Crippen LogP contribution is -2.82. The van der Waals surface area contributed by atoms with Crippen LogP contribution in [0.1, 0.15) is 11.8 Å². The predicted molar refractivity (Wildman–Crippen MR) is 105 cm³/mol. The van der Waals surface area contributed by atoms with Gasteiger partial charge in [-0.25, -0.2) is 0 Å². The molecule has 1 aromatic carbocycles.